The molecule has 1 rings (SSSR count). The van der Waals surface area contributed by atoms with Crippen molar-refractivity contribution in [3.05, 3.63) is 0 Å². The van der Waals surface area contributed by atoms with Gasteiger partial charge in [-0.15, -0.1) is 15.3 Å². The first kappa shape index (κ1) is 21.3. The van der Waals surface area contributed by atoms with Crippen LogP contribution in [-0.4, -0.2) is 35.6 Å². The molecule has 1 fully saturated rings. The Hall–Kier alpha value is -3.78. The van der Waals surface area contributed by atoms with Gasteiger partial charge in [-0.2, -0.15) is 0 Å². The van der Waals surface area contributed by atoms with Crippen LogP contribution in [0.3, 0.4) is 0 Å². The third kappa shape index (κ3) is 7.32. The molecule has 0 unspecified atom stereocenters. The molecule has 3 amide bonds. The number of carbonyl (C=O) groups is 3. The minimum atomic E-state index is -0.730. The second-order valence-corrected chi connectivity index (χ2v) is 5.84. The molecule has 15 heteroatoms. The number of hydrogen-bond acceptors (Lipinski definition) is 6. The molecule has 0 radical (unpaired) electrons. The van der Waals surface area contributed by atoms with E-state index in [1.165, 1.54) is 0 Å². The first-order chi connectivity index (χ1) is 12.6. The average Bonchev–Trinajstić information content (AvgIpc) is 2.61. The molecule has 0 atom stereocenters. The van der Waals surface area contributed by atoms with Gasteiger partial charge in [-0.05, 0) is 19.3 Å². The molecular formula is C12H24N12O3. The Morgan fingerprint density at radius 1 is 0.556 bits per heavy atom. The number of hydrogen-bond donors (Lipinski definition) is 9. The second-order valence-electron chi connectivity index (χ2n) is 5.84. The van der Waals surface area contributed by atoms with Crippen LogP contribution in [0.2, 0.25) is 0 Å². The van der Waals surface area contributed by atoms with Crippen LogP contribution in [-0.2, 0) is 14.4 Å². The highest BCUT2D eigenvalue weighted by atomic mass is 16.2. The fourth-order valence-corrected chi connectivity index (χ4v) is 2.59. The lowest BCUT2D eigenvalue weighted by molar-refractivity contribution is -0.135. The van der Waals surface area contributed by atoms with Crippen LogP contribution in [0.4, 0.5) is 0 Å². The molecule has 0 saturated heterocycles. The summed E-state index contributed by atoms with van der Waals surface area (Å²) < 4.78 is 0. The lowest BCUT2D eigenvalue weighted by Gasteiger charge is -2.31. The van der Waals surface area contributed by atoms with Crippen molar-refractivity contribution in [2.75, 3.05) is 0 Å². The van der Waals surface area contributed by atoms with Gasteiger partial charge in [-0.25, -0.2) is 16.3 Å². The van der Waals surface area contributed by atoms with Gasteiger partial charge in [0, 0.05) is 17.8 Å². The Morgan fingerprint density at radius 2 is 0.778 bits per heavy atom. The van der Waals surface area contributed by atoms with Crippen molar-refractivity contribution in [2.45, 2.75) is 19.3 Å². The number of nitrogens with two attached hydrogens (primary N) is 6. The molecular weight excluding hydrogens is 360 g/mol. The Labute approximate surface area is 154 Å². The monoisotopic (exact) mass is 384 g/mol. The number of nitrogens with zero attached hydrogens (tertiary/aromatic N) is 3. The molecule has 1 aliphatic carbocycles. The zero-order chi connectivity index (χ0) is 20.6. The summed E-state index contributed by atoms with van der Waals surface area (Å²) in [4.78, 5) is 36.7. The topological polar surface area (TPSA) is 280 Å². The molecule has 0 heterocycles. The lowest BCUT2D eigenvalue weighted by atomic mass is 9.74. The summed E-state index contributed by atoms with van der Waals surface area (Å²) in [5.74, 6) is -4.88. The van der Waals surface area contributed by atoms with Crippen LogP contribution in [0.1, 0.15) is 19.3 Å². The predicted molar refractivity (Wildman–Crippen MR) is 96.2 cm³/mol. The number of carbonyl (C=O) groups excluding carboxylic acids is 3. The van der Waals surface area contributed by atoms with Gasteiger partial charge in [0.05, 0.1) is 0 Å². The fourth-order valence-electron chi connectivity index (χ4n) is 2.59. The summed E-state index contributed by atoms with van der Waals surface area (Å²) in [6.07, 6.45) is 0.386. The average molecular weight is 384 g/mol. The van der Waals surface area contributed by atoms with Crippen molar-refractivity contribution in [1.29, 1.82) is 0 Å². The molecule has 0 aromatic heterocycles. The van der Waals surface area contributed by atoms with E-state index in [0.717, 1.165) is 0 Å². The number of nitrogens with one attached hydrogen (secondary N) is 3. The first-order valence-electron chi connectivity index (χ1n) is 7.75. The molecule has 150 valence electrons. The van der Waals surface area contributed by atoms with Gasteiger partial charge in [0.15, 0.2) is 0 Å². The second kappa shape index (κ2) is 9.64. The summed E-state index contributed by atoms with van der Waals surface area (Å²) in [6.45, 7) is 0. The van der Waals surface area contributed by atoms with E-state index >= 15 is 0 Å². The molecule has 0 aromatic rings. The van der Waals surface area contributed by atoms with Crippen LogP contribution in [0, 0.1) is 17.8 Å². The maximum atomic E-state index is 12.2. The highest BCUT2D eigenvalue weighted by molar-refractivity contribution is 5.87. The van der Waals surface area contributed by atoms with E-state index in [1.807, 2.05) is 0 Å². The van der Waals surface area contributed by atoms with Crippen molar-refractivity contribution in [3.63, 3.8) is 0 Å². The summed E-state index contributed by atoms with van der Waals surface area (Å²) in [5.41, 5.74) is 37.5. The molecule has 1 saturated carbocycles. The van der Waals surface area contributed by atoms with E-state index in [-0.39, 0.29) is 37.1 Å². The van der Waals surface area contributed by atoms with Crippen LogP contribution in [0.25, 0.3) is 0 Å². The van der Waals surface area contributed by atoms with Crippen molar-refractivity contribution < 1.29 is 14.4 Å². The number of hydrazone groups is 3. The van der Waals surface area contributed by atoms with E-state index in [4.69, 9.17) is 34.4 Å². The summed E-state index contributed by atoms with van der Waals surface area (Å²) >= 11 is 0. The Balaban J connectivity index is 2.94. The van der Waals surface area contributed by atoms with Crippen molar-refractivity contribution in [1.82, 2.24) is 16.3 Å². The normalized spacial score (nSPS) is 21.1. The van der Waals surface area contributed by atoms with E-state index in [0.29, 0.717) is 0 Å². The largest absolute Gasteiger partial charge is 0.369 e. The number of guanidine groups is 3. The SMILES string of the molecule is NC(N)=NNC(=O)C1CC(C(=O)NN=C(N)N)CC(C(=O)NN=C(N)N)C1. The summed E-state index contributed by atoms with van der Waals surface area (Å²) in [7, 11) is 0. The van der Waals surface area contributed by atoms with Crippen molar-refractivity contribution >= 4 is 35.6 Å². The Kier molecular flexibility index (Phi) is 7.59. The molecule has 0 aromatic carbocycles. The highest BCUT2D eigenvalue weighted by Crippen LogP contribution is 2.34. The Bertz CT molecular complexity index is 564. The third-order valence-electron chi connectivity index (χ3n) is 3.71. The zero-order valence-electron chi connectivity index (χ0n) is 14.4. The third-order valence-corrected chi connectivity index (χ3v) is 3.71. The zero-order valence-corrected chi connectivity index (χ0v) is 14.4. The molecule has 15 N–H and O–H groups in total. The summed E-state index contributed by atoms with van der Waals surface area (Å²) in [6, 6.07) is 0. The smallest absolute Gasteiger partial charge is 0.243 e. The molecule has 0 spiro atoms. The minimum Gasteiger partial charge on any atom is -0.369 e. The maximum Gasteiger partial charge on any atom is 0.243 e. The van der Waals surface area contributed by atoms with Crippen molar-refractivity contribution in [2.24, 2.45) is 67.5 Å². The van der Waals surface area contributed by atoms with Gasteiger partial charge in [0.1, 0.15) is 0 Å². The molecule has 27 heavy (non-hydrogen) atoms. The Morgan fingerprint density at radius 3 is 0.963 bits per heavy atom. The lowest BCUT2D eigenvalue weighted by Crippen LogP contribution is -2.44. The van der Waals surface area contributed by atoms with Gasteiger partial charge < -0.3 is 34.4 Å². The summed E-state index contributed by atoms with van der Waals surface area (Å²) in [5, 5.41) is 10.3. The van der Waals surface area contributed by atoms with Gasteiger partial charge in [-0.1, -0.05) is 0 Å². The van der Waals surface area contributed by atoms with E-state index in [9.17, 15) is 14.4 Å². The maximum absolute atomic E-state index is 12.2. The van der Waals surface area contributed by atoms with E-state index in [2.05, 4.69) is 31.6 Å². The predicted octanol–water partition coefficient (Wildman–Crippen LogP) is -5.07. The number of amides is 3. The van der Waals surface area contributed by atoms with Crippen molar-refractivity contribution in [3.8, 4) is 0 Å². The van der Waals surface area contributed by atoms with Crippen LogP contribution in [0.15, 0.2) is 15.3 Å². The van der Waals surface area contributed by atoms with Gasteiger partial charge in [0.25, 0.3) is 0 Å². The van der Waals surface area contributed by atoms with Gasteiger partial charge in [-0.3, -0.25) is 14.4 Å². The van der Waals surface area contributed by atoms with E-state index < -0.39 is 35.5 Å². The quantitative estimate of drug-likeness (QED) is 0.120. The first-order valence-corrected chi connectivity index (χ1v) is 7.75. The van der Waals surface area contributed by atoms with Crippen LogP contribution in [0.5, 0.6) is 0 Å². The van der Waals surface area contributed by atoms with Crippen LogP contribution >= 0.6 is 0 Å². The van der Waals surface area contributed by atoms with Gasteiger partial charge in [0.2, 0.25) is 35.6 Å². The number of rotatable bonds is 6. The molecule has 15 nitrogen and oxygen atoms in total. The molecule has 0 aliphatic heterocycles. The highest BCUT2D eigenvalue weighted by Gasteiger charge is 2.39. The van der Waals surface area contributed by atoms with Crippen LogP contribution < -0.4 is 50.7 Å². The van der Waals surface area contributed by atoms with E-state index in [1.54, 1.807) is 0 Å². The minimum absolute atomic E-state index is 0.129. The molecule has 0 bridgehead atoms. The standard InChI is InChI=1S/C12H24N12O3/c13-10(14)22-19-7(25)4-1-5(8(26)20-23-11(15)16)3-6(2-4)9(27)21-24-12(17)18/h4-6H,1-3H2,(H,19,25)(H,20,26)(H,21,27)(H4,13,14,22)(H4,15,16,23)(H4,17,18,24). The fraction of sp³-hybridized carbons (Fsp3) is 0.500. The van der Waals surface area contributed by atoms with Gasteiger partial charge >= 0.3 is 0 Å². The molecule has 1 aliphatic rings.